The van der Waals surface area contributed by atoms with Gasteiger partial charge in [-0.25, -0.2) is 19.9 Å². The van der Waals surface area contributed by atoms with Gasteiger partial charge in [0.15, 0.2) is 23.1 Å². The molecule has 43 heavy (non-hydrogen) atoms. The van der Waals surface area contributed by atoms with Gasteiger partial charge in [-0.15, -0.1) is 0 Å². The monoisotopic (exact) mass is 552 g/mol. The fraction of sp³-hybridized carbons (Fsp3) is 0. The molecule has 2 heterocycles. The van der Waals surface area contributed by atoms with Crippen LogP contribution in [-0.4, -0.2) is 19.9 Å². The maximum absolute atomic E-state index is 5.98. The van der Waals surface area contributed by atoms with Crippen LogP contribution in [0, 0.1) is 0 Å². The van der Waals surface area contributed by atoms with Crippen LogP contribution in [-0.2, 0) is 0 Å². The highest BCUT2D eigenvalue weighted by molar-refractivity contribution is 6.04. The molecule has 0 saturated heterocycles. The average molecular weight is 553 g/mol. The molecule has 8 rings (SSSR count). The van der Waals surface area contributed by atoms with Gasteiger partial charge in [-0.2, -0.15) is 0 Å². The first-order valence-corrected chi connectivity index (χ1v) is 14.2. The zero-order valence-electron chi connectivity index (χ0n) is 23.1. The molecule has 0 radical (unpaired) electrons. The molecule has 0 aliphatic heterocycles. The molecule has 0 unspecified atom stereocenters. The molecule has 202 valence electrons. The van der Waals surface area contributed by atoms with Gasteiger partial charge in [-0.1, -0.05) is 115 Å². The van der Waals surface area contributed by atoms with Gasteiger partial charge in [0.1, 0.15) is 5.52 Å². The fourth-order valence-corrected chi connectivity index (χ4v) is 5.46. The predicted octanol–water partition coefficient (Wildman–Crippen LogP) is 9.50. The molecule has 0 fully saturated rings. The lowest BCUT2D eigenvalue weighted by Crippen LogP contribution is -2.00. The number of rotatable bonds is 5. The van der Waals surface area contributed by atoms with Crippen LogP contribution in [0.5, 0.6) is 0 Å². The van der Waals surface area contributed by atoms with E-state index in [0.717, 1.165) is 44.1 Å². The van der Waals surface area contributed by atoms with E-state index < -0.39 is 0 Å². The number of nitrogens with zero attached hydrogens (tertiary/aromatic N) is 4. The molecule has 0 atom stereocenters. The number of para-hydroxylation sites is 2. The van der Waals surface area contributed by atoms with Gasteiger partial charge in [0.25, 0.3) is 0 Å². The van der Waals surface area contributed by atoms with E-state index in [4.69, 9.17) is 19.4 Å². The second-order valence-corrected chi connectivity index (χ2v) is 10.3. The summed E-state index contributed by atoms with van der Waals surface area (Å²) in [5.41, 5.74) is 7.60. The highest BCUT2D eigenvalue weighted by atomic mass is 16.3. The first-order chi connectivity index (χ1) is 21.3. The third-order valence-corrected chi connectivity index (χ3v) is 7.60. The summed E-state index contributed by atoms with van der Waals surface area (Å²) in [5, 5.41) is 2.24. The smallest absolute Gasteiger partial charge is 0.227 e. The van der Waals surface area contributed by atoms with E-state index in [9.17, 15) is 0 Å². The minimum atomic E-state index is 0.582. The lowest BCUT2D eigenvalue weighted by molar-refractivity contribution is 0.620. The molecule has 0 aliphatic rings. The molecule has 5 heteroatoms. The Morgan fingerprint density at radius 3 is 1.56 bits per heavy atom. The fourth-order valence-electron chi connectivity index (χ4n) is 5.46. The van der Waals surface area contributed by atoms with Gasteiger partial charge >= 0.3 is 0 Å². The third-order valence-electron chi connectivity index (χ3n) is 7.60. The Kier molecular flexibility index (Phi) is 6.05. The molecule has 0 aliphatic carbocycles. The molecular weight excluding hydrogens is 528 g/mol. The van der Waals surface area contributed by atoms with E-state index in [0.29, 0.717) is 23.4 Å². The molecular formula is C38H24N4O. The molecule has 0 bridgehead atoms. The lowest BCUT2D eigenvalue weighted by Gasteiger charge is -2.13. The van der Waals surface area contributed by atoms with Crippen LogP contribution < -0.4 is 0 Å². The topological polar surface area (TPSA) is 64.7 Å². The van der Waals surface area contributed by atoms with E-state index in [1.807, 2.05) is 84.9 Å². The van der Waals surface area contributed by atoms with Crippen LogP contribution in [0.2, 0.25) is 0 Å². The number of benzene rings is 6. The zero-order valence-corrected chi connectivity index (χ0v) is 23.1. The molecule has 0 amide bonds. The van der Waals surface area contributed by atoms with Gasteiger partial charge in [-0.3, -0.25) is 0 Å². The Balaban J connectivity index is 1.27. The Hall–Kier alpha value is -5.94. The van der Waals surface area contributed by atoms with Crippen molar-refractivity contribution >= 4 is 21.9 Å². The van der Waals surface area contributed by atoms with E-state index in [1.165, 1.54) is 11.1 Å². The molecule has 0 saturated carbocycles. The number of fused-ring (bicyclic) bond motifs is 2. The van der Waals surface area contributed by atoms with Crippen molar-refractivity contribution in [3.63, 3.8) is 0 Å². The molecule has 8 aromatic rings. The summed E-state index contributed by atoms with van der Waals surface area (Å²) in [6, 6.07) is 49.0. The minimum Gasteiger partial charge on any atom is -0.436 e. The number of hydrogen-bond acceptors (Lipinski definition) is 5. The third kappa shape index (κ3) is 4.63. The second kappa shape index (κ2) is 10.5. The Morgan fingerprint density at radius 2 is 0.860 bits per heavy atom. The van der Waals surface area contributed by atoms with Crippen molar-refractivity contribution in [1.29, 1.82) is 0 Å². The van der Waals surface area contributed by atoms with Crippen molar-refractivity contribution in [3.05, 3.63) is 146 Å². The van der Waals surface area contributed by atoms with Gasteiger partial charge in [0.05, 0.1) is 0 Å². The highest BCUT2D eigenvalue weighted by Gasteiger charge is 2.16. The maximum Gasteiger partial charge on any atom is 0.227 e. The van der Waals surface area contributed by atoms with Crippen molar-refractivity contribution in [2.45, 2.75) is 0 Å². The summed E-state index contributed by atoms with van der Waals surface area (Å²) in [6.45, 7) is 0. The van der Waals surface area contributed by atoms with Crippen molar-refractivity contribution in [3.8, 4) is 56.7 Å². The lowest BCUT2D eigenvalue weighted by atomic mass is 9.94. The van der Waals surface area contributed by atoms with Gasteiger partial charge < -0.3 is 4.42 Å². The normalized spacial score (nSPS) is 11.3. The summed E-state index contributed by atoms with van der Waals surface area (Å²) in [6.07, 6.45) is 0. The number of oxazole rings is 1. The van der Waals surface area contributed by atoms with Crippen molar-refractivity contribution in [2.75, 3.05) is 0 Å². The highest BCUT2D eigenvalue weighted by Crippen LogP contribution is 2.36. The molecule has 0 spiro atoms. The summed E-state index contributed by atoms with van der Waals surface area (Å²) < 4.78 is 5.98. The van der Waals surface area contributed by atoms with Crippen molar-refractivity contribution < 1.29 is 4.42 Å². The van der Waals surface area contributed by atoms with E-state index >= 15 is 0 Å². The van der Waals surface area contributed by atoms with E-state index in [2.05, 4.69) is 65.6 Å². The van der Waals surface area contributed by atoms with Gasteiger partial charge in [0.2, 0.25) is 5.89 Å². The van der Waals surface area contributed by atoms with Crippen LogP contribution in [0.15, 0.2) is 150 Å². The van der Waals surface area contributed by atoms with Gasteiger partial charge in [-0.05, 0) is 52.2 Å². The van der Waals surface area contributed by atoms with E-state index in [1.54, 1.807) is 0 Å². The summed E-state index contributed by atoms with van der Waals surface area (Å²) in [5.74, 6) is 2.44. The standard InChI is InChI=1S/C38H24N4O/c1-3-11-25(12-4-1)29-23-24-32(31-16-8-7-15-30(29)31)37-41-35(26-13-5-2-6-14-26)40-36(42-37)27-19-21-28(22-20-27)38-39-33-17-9-10-18-34(33)43-38/h1-24H. The van der Waals surface area contributed by atoms with Crippen LogP contribution in [0.1, 0.15) is 0 Å². The van der Waals surface area contributed by atoms with Crippen LogP contribution in [0.3, 0.4) is 0 Å². The van der Waals surface area contributed by atoms with E-state index in [-0.39, 0.29) is 0 Å². The Morgan fingerprint density at radius 1 is 0.349 bits per heavy atom. The molecule has 6 aromatic carbocycles. The predicted molar refractivity (Wildman–Crippen MR) is 172 cm³/mol. The quantitative estimate of drug-likeness (QED) is 0.213. The number of aromatic nitrogens is 4. The first kappa shape index (κ1) is 24.8. The van der Waals surface area contributed by atoms with Crippen LogP contribution >= 0.6 is 0 Å². The SMILES string of the molecule is c1ccc(-c2nc(-c3ccc(-c4nc5ccccc5o4)cc3)nc(-c3ccc(-c4ccccc4)c4ccccc34)n2)cc1. The van der Waals surface area contributed by atoms with Crippen LogP contribution in [0.4, 0.5) is 0 Å². The molecule has 2 aromatic heterocycles. The first-order valence-electron chi connectivity index (χ1n) is 14.2. The summed E-state index contributed by atoms with van der Waals surface area (Å²) >= 11 is 0. The summed E-state index contributed by atoms with van der Waals surface area (Å²) in [4.78, 5) is 19.6. The number of hydrogen-bond donors (Lipinski definition) is 0. The second-order valence-electron chi connectivity index (χ2n) is 10.3. The van der Waals surface area contributed by atoms with Crippen molar-refractivity contribution in [2.24, 2.45) is 0 Å². The molecule has 0 N–H and O–H groups in total. The van der Waals surface area contributed by atoms with Crippen molar-refractivity contribution in [1.82, 2.24) is 19.9 Å². The zero-order chi connectivity index (χ0) is 28.6. The van der Waals surface area contributed by atoms with Gasteiger partial charge in [0, 0.05) is 22.3 Å². The largest absolute Gasteiger partial charge is 0.436 e. The maximum atomic E-state index is 5.98. The Labute approximate surface area is 248 Å². The average Bonchev–Trinajstić information content (AvgIpc) is 3.53. The summed E-state index contributed by atoms with van der Waals surface area (Å²) in [7, 11) is 0. The molecule has 5 nitrogen and oxygen atoms in total. The Bertz CT molecular complexity index is 2190. The van der Waals surface area contributed by atoms with Crippen LogP contribution in [0.25, 0.3) is 78.6 Å². The minimum absolute atomic E-state index is 0.582.